The molecule has 0 radical (unpaired) electrons. The molecule has 2 unspecified atom stereocenters. The third-order valence-electron chi connectivity index (χ3n) is 9.35. The lowest BCUT2D eigenvalue weighted by Crippen LogP contribution is -2.45. The minimum Gasteiger partial charge on any atom is -0.394 e. The first kappa shape index (κ1) is 45.6. The molecule has 4 nitrogen and oxygen atoms in total. The molecule has 3 N–H and O–H groups in total. The van der Waals surface area contributed by atoms with E-state index in [0.717, 1.165) is 38.5 Å². The van der Waals surface area contributed by atoms with Crippen LogP contribution in [0.4, 0.5) is 0 Å². The van der Waals surface area contributed by atoms with Gasteiger partial charge in [-0.25, -0.2) is 0 Å². The molecule has 0 aliphatic carbocycles. The Hall–Kier alpha value is -1.39. The summed E-state index contributed by atoms with van der Waals surface area (Å²) >= 11 is 0. The lowest BCUT2D eigenvalue weighted by atomic mass is 10.0. The minimum absolute atomic E-state index is 0.0857. The average molecular weight is 660 g/mol. The highest BCUT2D eigenvalue weighted by atomic mass is 16.3. The molecule has 0 spiro atoms. The molecule has 0 aromatic carbocycles. The van der Waals surface area contributed by atoms with E-state index in [2.05, 4.69) is 43.5 Å². The predicted octanol–water partition coefficient (Wildman–Crippen LogP) is 12.6. The molecule has 0 aliphatic rings. The van der Waals surface area contributed by atoms with Gasteiger partial charge in [-0.05, 0) is 44.9 Å². The summed E-state index contributed by atoms with van der Waals surface area (Å²) in [5.41, 5.74) is 0. The van der Waals surface area contributed by atoms with Crippen LogP contribution < -0.4 is 5.32 Å². The number of hydrogen-bond donors (Lipinski definition) is 3. The zero-order valence-electron chi connectivity index (χ0n) is 31.5. The maximum atomic E-state index is 12.2. The van der Waals surface area contributed by atoms with E-state index < -0.39 is 12.1 Å². The van der Waals surface area contributed by atoms with Crippen molar-refractivity contribution in [3.8, 4) is 0 Å². The Labute approximate surface area is 293 Å². The monoisotopic (exact) mass is 660 g/mol. The zero-order valence-corrected chi connectivity index (χ0v) is 31.5. The van der Waals surface area contributed by atoms with E-state index in [-0.39, 0.29) is 12.5 Å². The smallest absolute Gasteiger partial charge is 0.220 e. The molecular weight excluding hydrogens is 578 g/mol. The number of carbonyl (C=O) groups is 1. The van der Waals surface area contributed by atoms with Gasteiger partial charge in [0.2, 0.25) is 5.91 Å². The van der Waals surface area contributed by atoms with Gasteiger partial charge in [0.05, 0.1) is 18.8 Å². The Bertz CT molecular complexity index is 716. The predicted molar refractivity (Wildman–Crippen MR) is 207 cm³/mol. The lowest BCUT2D eigenvalue weighted by Gasteiger charge is -2.19. The van der Waals surface area contributed by atoms with Gasteiger partial charge in [0.15, 0.2) is 0 Å². The highest BCUT2D eigenvalue weighted by Crippen LogP contribution is 2.15. The van der Waals surface area contributed by atoms with Crippen molar-refractivity contribution < 1.29 is 15.0 Å². The second-order valence-electron chi connectivity index (χ2n) is 14.0. The van der Waals surface area contributed by atoms with Crippen LogP contribution in [0.15, 0.2) is 36.5 Å². The third-order valence-corrected chi connectivity index (χ3v) is 9.35. The number of unbranched alkanes of at least 4 members (excludes halogenated alkanes) is 26. The zero-order chi connectivity index (χ0) is 34.3. The lowest BCUT2D eigenvalue weighted by molar-refractivity contribution is -0.123. The summed E-state index contributed by atoms with van der Waals surface area (Å²) in [6.07, 6.45) is 51.4. The average Bonchev–Trinajstić information content (AvgIpc) is 3.07. The van der Waals surface area contributed by atoms with Gasteiger partial charge in [-0.15, -0.1) is 0 Å². The van der Waals surface area contributed by atoms with Gasteiger partial charge in [-0.3, -0.25) is 4.79 Å². The van der Waals surface area contributed by atoms with E-state index >= 15 is 0 Å². The van der Waals surface area contributed by atoms with E-state index in [9.17, 15) is 15.0 Å². The largest absolute Gasteiger partial charge is 0.394 e. The minimum atomic E-state index is -0.865. The first-order valence-electron chi connectivity index (χ1n) is 20.7. The van der Waals surface area contributed by atoms with Crippen molar-refractivity contribution in [2.75, 3.05) is 6.61 Å². The van der Waals surface area contributed by atoms with Crippen molar-refractivity contribution in [2.45, 2.75) is 225 Å². The Balaban J connectivity index is 3.54. The van der Waals surface area contributed by atoms with Crippen LogP contribution in [0.5, 0.6) is 0 Å². The van der Waals surface area contributed by atoms with E-state index in [1.54, 1.807) is 6.08 Å². The second-order valence-corrected chi connectivity index (χ2v) is 14.0. The van der Waals surface area contributed by atoms with Crippen molar-refractivity contribution in [3.63, 3.8) is 0 Å². The first-order chi connectivity index (χ1) is 23.2. The molecule has 0 rings (SSSR count). The number of aliphatic hydroxyl groups is 2. The molecule has 0 aliphatic heterocycles. The molecule has 0 aromatic heterocycles. The second kappa shape index (κ2) is 39.1. The number of rotatable bonds is 37. The number of allylic oxidation sites excluding steroid dienone is 5. The SMILES string of the molecule is CCCCCCCCCCCCCCCCCCCC/C=C/CC/C=C/CC/C=C/C(O)C(CO)NC(=O)CCCCCCCCC. The van der Waals surface area contributed by atoms with Crippen LogP contribution in [-0.2, 0) is 4.79 Å². The van der Waals surface area contributed by atoms with Crippen LogP contribution in [0.3, 0.4) is 0 Å². The van der Waals surface area contributed by atoms with E-state index in [4.69, 9.17) is 0 Å². The van der Waals surface area contributed by atoms with Crippen molar-refractivity contribution in [1.29, 1.82) is 0 Å². The summed E-state index contributed by atoms with van der Waals surface area (Å²) in [6, 6.07) is -0.639. The Morgan fingerprint density at radius 1 is 0.489 bits per heavy atom. The molecule has 0 aromatic rings. The summed E-state index contributed by atoms with van der Waals surface area (Å²) in [4.78, 5) is 12.2. The van der Waals surface area contributed by atoms with Crippen molar-refractivity contribution in [2.24, 2.45) is 0 Å². The van der Waals surface area contributed by atoms with Crippen LogP contribution in [0, 0.1) is 0 Å². The van der Waals surface area contributed by atoms with Gasteiger partial charge in [-0.1, -0.05) is 198 Å². The van der Waals surface area contributed by atoms with E-state index in [1.807, 2.05) is 6.08 Å². The topological polar surface area (TPSA) is 69.6 Å². The van der Waals surface area contributed by atoms with Crippen molar-refractivity contribution >= 4 is 5.91 Å². The van der Waals surface area contributed by atoms with Gasteiger partial charge in [0, 0.05) is 6.42 Å². The molecular formula is C43H81NO3. The van der Waals surface area contributed by atoms with Gasteiger partial charge in [0.25, 0.3) is 0 Å². The van der Waals surface area contributed by atoms with Crippen molar-refractivity contribution in [3.05, 3.63) is 36.5 Å². The Kier molecular flexibility index (Phi) is 37.9. The van der Waals surface area contributed by atoms with Gasteiger partial charge in [-0.2, -0.15) is 0 Å². The highest BCUT2D eigenvalue weighted by molar-refractivity contribution is 5.76. The van der Waals surface area contributed by atoms with Crippen LogP contribution >= 0.6 is 0 Å². The normalized spacial score (nSPS) is 13.4. The van der Waals surface area contributed by atoms with Crippen LogP contribution in [0.1, 0.15) is 213 Å². The molecule has 0 fully saturated rings. The van der Waals surface area contributed by atoms with Crippen LogP contribution in [-0.4, -0.2) is 34.9 Å². The summed E-state index contributed by atoms with van der Waals surface area (Å²) in [6.45, 7) is 4.25. The van der Waals surface area contributed by atoms with Crippen LogP contribution in [0.2, 0.25) is 0 Å². The van der Waals surface area contributed by atoms with Crippen molar-refractivity contribution in [1.82, 2.24) is 5.32 Å². The van der Waals surface area contributed by atoms with Gasteiger partial charge < -0.3 is 15.5 Å². The molecule has 0 heterocycles. The highest BCUT2D eigenvalue weighted by Gasteiger charge is 2.17. The number of aliphatic hydroxyl groups excluding tert-OH is 2. The Morgan fingerprint density at radius 3 is 1.23 bits per heavy atom. The molecule has 0 saturated heterocycles. The van der Waals surface area contributed by atoms with E-state index in [1.165, 1.54) is 154 Å². The number of hydrogen-bond acceptors (Lipinski definition) is 3. The fourth-order valence-corrected chi connectivity index (χ4v) is 6.15. The number of amides is 1. The molecule has 0 saturated carbocycles. The number of nitrogens with one attached hydrogen (secondary N) is 1. The first-order valence-corrected chi connectivity index (χ1v) is 20.7. The summed E-state index contributed by atoms with van der Waals surface area (Å²) in [7, 11) is 0. The molecule has 0 bridgehead atoms. The summed E-state index contributed by atoms with van der Waals surface area (Å²) in [5, 5.41) is 22.8. The molecule has 2 atom stereocenters. The van der Waals surface area contributed by atoms with Crippen LogP contribution in [0.25, 0.3) is 0 Å². The third kappa shape index (κ3) is 35.7. The maximum absolute atomic E-state index is 12.2. The fraction of sp³-hybridized carbons (Fsp3) is 0.837. The summed E-state index contributed by atoms with van der Waals surface area (Å²) < 4.78 is 0. The molecule has 47 heavy (non-hydrogen) atoms. The fourth-order valence-electron chi connectivity index (χ4n) is 6.15. The molecule has 276 valence electrons. The summed E-state index contributed by atoms with van der Waals surface area (Å²) in [5.74, 6) is -0.0857. The van der Waals surface area contributed by atoms with E-state index in [0.29, 0.717) is 6.42 Å². The van der Waals surface area contributed by atoms with Gasteiger partial charge in [0.1, 0.15) is 0 Å². The Morgan fingerprint density at radius 2 is 0.830 bits per heavy atom. The standard InChI is InChI=1S/C43H81NO3/c1-3-5-7-9-11-12-13-14-15-16-17-18-19-20-21-22-23-24-25-26-27-28-29-30-31-33-34-36-38-42(46)41(40-45)44-43(47)39-37-35-32-10-8-6-4-2/h26-27,30-31,36,38,41-42,45-46H,3-25,28-29,32-35,37,39-40H2,1-2H3,(H,44,47)/b27-26+,31-30+,38-36+. The molecule has 1 amide bonds. The van der Waals surface area contributed by atoms with Gasteiger partial charge >= 0.3 is 0 Å². The quantitative estimate of drug-likeness (QED) is 0.0459. The molecule has 4 heteroatoms. The number of carbonyl (C=O) groups excluding carboxylic acids is 1. The maximum Gasteiger partial charge on any atom is 0.220 e.